The first-order valence-electron chi connectivity index (χ1n) is 10.4. The van der Waals surface area contributed by atoms with Crippen molar-refractivity contribution < 1.29 is 4.79 Å². The summed E-state index contributed by atoms with van der Waals surface area (Å²) in [5.41, 5.74) is 1.83. The number of hydrogen-bond acceptors (Lipinski definition) is 5. The van der Waals surface area contributed by atoms with E-state index in [1.807, 2.05) is 35.2 Å². The van der Waals surface area contributed by atoms with Gasteiger partial charge in [-0.25, -0.2) is 9.97 Å². The van der Waals surface area contributed by atoms with Gasteiger partial charge in [0.15, 0.2) is 5.16 Å². The third kappa shape index (κ3) is 6.09. The minimum atomic E-state index is 0.107. The lowest BCUT2D eigenvalue weighted by atomic mass is 10.1. The number of anilines is 1. The Morgan fingerprint density at radius 3 is 2.55 bits per heavy atom. The van der Waals surface area contributed by atoms with Crippen molar-refractivity contribution in [1.29, 1.82) is 0 Å². The fraction of sp³-hybridized carbons (Fsp3) is 0.500. The zero-order valence-corrected chi connectivity index (χ0v) is 18.8. The fourth-order valence-corrected chi connectivity index (χ4v) is 4.56. The topological polar surface area (TPSA) is 49.3 Å². The highest BCUT2D eigenvalue weighted by atomic mass is 35.5. The van der Waals surface area contributed by atoms with E-state index in [0.717, 1.165) is 56.0 Å². The smallest absolute Gasteiger partial charge is 0.253 e. The van der Waals surface area contributed by atoms with E-state index in [9.17, 15) is 4.79 Å². The number of benzene rings is 1. The van der Waals surface area contributed by atoms with Crippen LogP contribution in [0.4, 0.5) is 5.82 Å². The molecule has 0 aliphatic carbocycles. The zero-order chi connectivity index (χ0) is 20.6. The number of halogens is 1. The lowest BCUT2D eigenvalue weighted by Crippen LogP contribution is -2.32. The number of hydrogen-bond donors (Lipinski definition) is 0. The van der Waals surface area contributed by atoms with E-state index in [2.05, 4.69) is 28.7 Å². The molecule has 1 saturated heterocycles. The molecule has 2 heterocycles. The fourth-order valence-electron chi connectivity index (χ4n) is 3.54. The highest BCUT2D eigenvalue weighted by molar-refractivity contribution is 7.98. The monoisotopic (exact) mass is 432 g/mol. The number of carbonyl (C=O) groups is 1. The summed E-state index contributed by atoms with van der Waals surface area (Å²) in [6.45, 7) is 7.83. The molecule has 3 rings (SSSR count). The van der Waals surface area contributed by atoms with Crippen molar-refractivity contribution in [2.45, 2.75) is 50.4 Å². The Labute approximate surface area is 182 Å². The number of carbonyl (C=O) groups excluding carboxylic acids is 1. The molecule has 5 nitrogen and oxygen atoms in total. The number of thioether (sulfide) groups is 1. The second kappa shape index (κ2) is 10.8. The Bertz CT molecular complexity index is 820. The first kappa shape index (κ1) is 21.9. The van der Waals surface area contributed by atoms with Crippen LogP contribution in [0.1, 0.15) is 55.5 Å². The van der Waals surface area contributed by atoms with Crippen LogP contribution in [0.5, 0.6) is 0 Å². The van der Waals surface area contributed by atoms with Crippen LogP contribution >= 0.6 is 23.4 Å². The van der Waals surface area contributed by atoms with E-state index in [0.29, 0.717) is 16.1 Å². The van der Waals surface area contributed by atoms with Crippen molar-refractivity contribution in [2.24, 2.45) is 0 Å². The van der Waals surface area contributed by atoms with E-state index >= 15 is 0 Å². The summed E-state index contributed by atoms with van der Waals surface area (Å²) in [5, 5.41) is 1.15. The van der Waals surface area contributed by atoms with Gasteiger partial charge in [0, 0.05) is 43.6 Å². The van der Waals surface area contributed by atoms with Crippen LogP contribution in [0.25, 0.3) is 0 Å². The molecule has 0 saturated carbocycles. The lowest BCUT2D eigenvalue weighted by molar-refractivity contribution is 0.0755. The van der Waals surface area contributed by atoms with Gasteiger partial charge in [-0.1, -0.05) is 49.3 Å². The number of amides is 1. The number of rotatable bonds is 9. The van der Waals surface area contributed by atoms with Crippen LogP contribution in [0.15, 0.2) is 35.5 Å². The van der Waals surface area contributed by atoms with E-state index in [1.165, 1.54) is 12.8 Å². The molecule has 1 aromatic heterocycles. The van der Waals surface area contributed by atoms with Gasteiger partial charge < -0.3 is 9.80 Å². The molecule has 0 bridgehead atoms. The molecule has 0 unspecified atom stereocenters. The van der Waals surface area contributed by atoms with E-state index < -0.39 is 0 Å². The van der Waals surface area contributed by atoms with E-state index in [-0.39, 0.29) is 5.91 Å². The summed E-state index contributed by atoms with van der Waals surface area (Å²) in [6, 6.07) is 9.72. The van der Waals surface area contributed by atoms with Gasteiger partial charge in [0.1, 0.15) is 11.0 Å². The molecule has 1 fully saturated rings. The van der Waals surface area contributed by atoms with Gasteiger partial charge in [0.25, 0.3) is 5.91 Å². The van der Waals surface area contributed by atoms with E-state index in [4.69, 9.17) is 11.6 Å². The van der Waals surface area contributed by atoms with Crippen molar-refractivity contribution >= 4 is 35.1 Å². The van der Waals surface area contributed by atoms with Crippen LogP contribution in [0.2, 0.25) is 5.15 Å². The largest absolute Gasteiger partial charge is 0.356 e. The van der Waals surface area contributed by atoms with Crippen LogP contribution < -0.4 is 4.90 Å². The maximum atomic E-state index is 12.9. The minimum Gasteiger partial charge on any atom is -0.356 e. The highest BCUT2D eigenvalue weighted by Gasteiger charge is 2.17. The molecule has 156 valence electrons. The third-order valence-electron chi connectivity index (χ3n) is 4.91. The summed E-state index contributed by atoms with van der Waals surface area (Å²) in [5.74, 6) is 1.71. The Kier molecular flexibility index (Phi) is 8.19. The summed E-state index contributed by atoms with van der Waals surface area (Å²) in [6.07, 6.45) is 4.31. The van der Waals surface area contributed by atoms with E-state index in [1.54, 1.807) is 11.8 Å². The predicted octanol–water partition coefficient (Wildman–Crippen LogP) is 5.28. The standard InChI is InChI=1S/C22H29ClN4OS/c1-3-10-27(11-4-2)21(28)18-9-7-8-17(14-18)16-29-22-24-19(23)15-20(25-22)26-12-5-6-13-26/h7-9,14-15H,3-6,10-13,16H2,1-2H3. The molecular weight excluding hydrogens is 404 g/mol. The van der Waals surface area contributed by atoms with Crippen molar-refractivity contribution in [2.75, 3.05) is 31.1 Å². The first-order chi connectivity index (χ1) is 14.1. The van der Waals surface area contributed by atoms with Crippen molar-refractivity contribution in [3.05, 3.63) is 46.6 Å². The molecule has 0 atom stereocenters. The summed E-state index contributed by atoms with van der Waals surface area (Å²) in [7, 11) is 0. The summed E-state index contributed by atoms with van der Waals surface area (Å²) < 4.78 is 0. The molecule has 2 aromatic rings. The van der Waals surface area contributed by atoms with Crippen molar-refractivity contribution in [3.8, 4) is 0 Å². The molecule has 1 aromatic carbocycles. The Balaban J connectivity index is 1.68. The average molecular weight is 433 g/mol. The maximum Gasteiger partial charge on any atom is 0.253 e. The van der Waals surface area contributed by atoms with Gasteiger partial charge in [-0.2, -0.15) is 0 Å². The number of nitrogens with zero attached hydrogens (tertiary/aromatic N) is 4. The van der Waals surface area contributed by atoms with Gasteiger partial charge in [-0.3, -0.25) is 4.79 Å². The van der Waals surface area contributed by atoms with Gasteiger partial charge in [-0.15, -0.1) is 0 Å². The highest BCUT2D eigenvalue weighted by Crippen LogP contribution is 2.26. The van der Waals surface area contributed by atoms with Gasteiger partial charge in [-0.05, 0) is 43.4 Å². The Morgan fingerprint density at radius 2 is 1.86 bits per heavy atom. The Morgan fingerprint density at radius 1 is 1.14 bits per heavy atom. The molecule has 0 N–H and O–H groups in total. The maximum absolute atomic E-state index is 12.9. The summed E-state index contributed by atoms with van der Waals surface area (Å²) in [4.78, 5) is 26.1. The van der Waals surface area contributed by atoms with Crippen LogP contribution in [0, 0.1) is 0 Å². The Hall–Kier alpha value is -1.79. The SMILES string of the molecule is CCCN(CCC)C(=O)c1cccc(CSc2nc(Cl)cc(N3CCCC3)n2)c1. The molecule has 1 aliphatic heterocycles. The molecule has 1 amide bonds. The van der Waals surface area contributed by atoms with Crippen LogP contribution in [-0.2, 0) is 5.75 Å². The lowest BCUT2D eigenvalue weighted by Gasteiger charge is -2.21. The second-order valence-electron chi connectivity index (χ2n) is 7.31. The molecule has 0 spiro atoms. The van der Waals surface area contributed by atoms with Gasteiger partial charge >= 0.3 is 0 Å². The number of aromatic nitrogens is 2. The molecule has 29 heavy (non-hydrogen) atoms. The van der Waals surface area contributed by atoms with Crippen LogP contribution in [0.3, 0.4) is 0 Å². The van der Waals surface area contributed by atoms with Crippen molar-refractivity contribution in [1.82, 2.24) is 14.9 Å². The second-order valence-corrected chi connectivity index (χ2v) is 8.64. The zero-order valence-electron chi connectivity index (χ0n) is 17.2. The van der Waals surface area contributed by atoms with Crippen molar-refractivity contribution in [3.63, 3.8) is 0 Å². The molecule has 7 heteroatoms. The average Bonchev–Trinajstić information content (AvgIpc) is 3.26. The molecular formula is C22H29ClN4OS. The molecule has 1 aliphatic rings. The summed E-state index contributed by atoms with van der Waals surface area (Å²) >= 11 is 7.78. The predicted molar refractivity (Wildman–Crippen MR) is 121 cm³/mol. The van der Waals surface area contributed by atoms with Crippen LogP contribution in [-0.4, -0.2) is 47.0 Å². The minimum absolute atomic E-state index is 0.107. The third-order valence-corrected chi connectivity index (χ3v) is 6.02. The molecule has 0 radical (unpaired) electrons. The quantitative estimate of drug-likeness (QED) is 0.306. The van der Waals surface area contributed by atoms with Gasteiger partial charge in [0.05, 0.1) is 0 Å². The first-order valence-corrected chi connectivity index (χ1v) is 11.8. The van der Waals surface area contributed by atoms with Gasteiger partial charge in [0.2, 0.25) is 0 Å². The normalized spacial score (nSPS) is 13.7.